The van der Waals surface area contributed by atoms with Gasteiger partial charge in [-0.05, 0) is 56.8 Å². The molecule has 0 saturated carbocycles. The molecule has 1 fully saturated rings. The first-order valence-electron chi connectivity index (χ1n) is 11.3. The van der Waals surface area contributed by atoms with Gasteiger partial charge in [0.05, 0.1) is 12.7 Å². The van der Waals surface area contributed by atoms with Crippen molar-refractivity contribution in [2.24, 2.45) is 0 Å². The molecule has 3 rings (SSSR count). The van der Waals surface area contributed by atoms with Crippen LogP contribution in [0, 0.1) is 12.3 Å². The Hall–Kier alpha value is -2.53. The van der Waals surface area contributed by atoms with Gasteiger partial charge < -0.3 is 28.7 Å². The second-order valence-electron chi connectivity index (χ2n) is 8.63. The van der Waals surface area contributed by atoms with E-state index in [1.54, 1.807) is 38.1 Å². The first-order valence-corrected chi connectivity index (χ1v) is 14.3. The first kappa shape index (κ1) is 30.0. The summed E-state index contributed by atoms with van der Waals surface area (Å²) in [6.45, 7) is 0.877. The Balaban J connectivity index is 1.85. The zero-order valence-corrected chi connectivity index (χ0v) is 23.0. The highest BCUT2D eigenvalue weighted by molar-refractivity contribution is 8.09. The maximum absolute atomic E-state index is 12.4. The number of halogens is 1. The predicted molar refractivity (Wildman–Crippen MR) is 141 cm³/mol. The van der Waals surface area contributed by atoms with Crippen LogP contribution in [0.15, 0.2) is 46.1 Å². The van der Waals surface area contributed by atoms with E-state index in [0.29, 0.717) is 5.02 Å². The van der Waals surface area contributed by atoms with Crippen LogP contribution in [0.4, 0.5) is 0 Å². The normalized spacial score (nSPS) is 25.4. The number of rotatable bonds is 10. The summed E-state index contributed by atoms with van der Waals surface area (Å²) in [5, 5.41) is 25.1. The molecular formula is C23H27ClN3O9PS. The van der Waals surface area contributed by atoms with E-state index < -0.39 is 60.5 Å². The first-order chi connectivity index (χ1) is 17.8. The number of esters is 1. The van der Waals surface area contributed by atoms with Gasteiger partial charge in [-0.1, -0.05) is 17.5 Å². The van der Waals surface area contributed by atoms with Crippen LogP contribution in [0.5, 0.6) is 5.75 Å². The monoisotopic (exact) mass is 587 g/mol. The summed E-state index contributed by atoms with van der Waals surface area (Å²) in [6, 6.07) is 6.30. The van der Waals surface area contributed by atoms with Gasteiger partial charge in [0, 0.05) is 17.3 Å². The van der Waals surface area contributed by atoms with E-state index in [1.165, 1.54) is 6.92 Å². The van der Waals surface area contributed by atoms with E-state index in [-0.39, 0.29) is 11.9 Å². The fourth-order valence-electron chi connectivity index (χ4n) is 3.47. The van der Waals surface area contributed by atoms with E-state index in [0.717, 1.165) is 16.8 Å². The average molecular weight is 588 g/mol. The largest absolute Gasteiger partial charge is 0.462 e. The van der Waals surface area contributed by atoms with Gasteiger partial charge in [-0.3, -0.25) is 19.1 Å². The molecule has 6 atom stereocenters. The summed E-state index contributed by atoms with van der Waals surface area (Å²) < 4.78 is 23.5. The second kappa shape index (κ2) is 12.1. The summed E-state index contributed by atoms with van der Waals surface area (Å²) in [5.41, 5.74) is -3.96. The molecular weight excluding hydrogens is 561 g/mol. The smallest absolute Gasteiger partial charge is 0.330 e. The summed E-state index contributed by atoms with van der Waals surface area (Å²) in [6.07, 6.45) is 1.58. The number of aliphatic hydroxyl groups is 2. The molecule has 2 unspecified atom stereocenters. The number of nitrogens with zero attached hydrogens (tertiary/aromatic N) is 1. The van der Waals surface area contributed by atoms with Crippen LogP contribution < -0.4 is 20.9 Å². The minimum absolute atomic E-state index is 0.278. The SMILES string of the molecule is C#C[C@@]1(O)[C@H](O)[C@@H](COP(=S)(NC(C)C(=O)OC(C)C)Oc2ccc(Cl)cc2)O[C@H]1n1ccc(=O)[nH]c1=O. The van der Waals surface area contributed by atoms with Crippen molar-refractivity contribution >= 4 is 36.0 Å². The lowest BCUT2D eigenvalue weighted by atomic mass is 9.95. The molecule has 1 aromatic carbocycles. The molecule has 1 aliphatic heterocycles. The number of aliphatic hydroxyl groups excluding tert-OH is 1. The van der Waals surface area contributed by atoms with Crippen molar-refractivity contribution in [1.29, 1.82) is 0 Å². The van der Waals surface area contributed by atoms with Gasteiger partial charge in [0.15, 0.2) is 11.8 Å². The van der Waals surface area contributed by atoms with Gasteiger partial charge >= 0.3 is 18.3 Å². The fourth-order valence-corrected chi connectivity index (χ4v) is 6.01. The maximum Gasteiger partial charge on any atom is 0.330 e. The Bertz CT molecular complexity index is 1360. The molecule has 2 heterocycles. The minimum atomic E-state index is -3.55. The topological polar surface area (TPSA) is 161 Å². The number of hydrogen-bond acceptors (Lipinski definition) is 10. The Kier molecular flexibility index (Phi) is 9.57. The van der Waals surface area contributed by atoms with E-state index in [2.05, 4.69) is 11.0 Å². The number of nitrogens with one attached hydrogen (secondary N) is 2. The minimum Gasteiger partial charge on any atom is -0.462 e. The van der Waals surface area contributed by atoms with Crippen LogP contribution in [-0.2, 0) is 30.6 Å². The third kappa shape index (κ3) is 6.91. The Morgan fingerprint density at radius 1 is 1.34 bits per heavy atom. The number of carbonyl (C=O) groups is 1. The highest BCUT2D eigenvalue weighted by atomic mass is 35.5. The quantitative estimate of drug-likeness (QED) is 0.179. The maximum atomic E-state index is 12.4. The molecule has 4 N–H and O–H groups in total. The van der Waals surface area contributed by atoms with Crippen molar-refractivity contribution in [3.63, 3.8) is 0 Å². The molecule has 12 nitrogen and oxygen atoms in total. The molecule has 1 aromatic heterocycles. The van der Waals surface area contributed by atoms with E-state index in [4.69, 9.17) is 48.4 Å². The molecule has 0 bridgehead atoms. The van der Waals surface area contributed by atoms with E-state index in [1.807, 2.05) is 4.98 Å². The molecule has 1 aliphatic rings. The molecule has 2 aromatic rings. The zero-order valence-electron chi connectivity index (χ0n) is 20.6. The summed E-state index contributed by atoms with van der Waals surface area (Å²) in [4.78, 5) is 38.2. The number of ether oxygens (including phenoxy) is 2. The molecule has 0 aliphatic carbocycles. The number of aromatic nitrogens is 2. The lowest BCUT2D eigenvalue weighted by molar-refractivity contribution is -0.149. The van der Waals surface area contributed by atoms with Crippen LogP contribution >= 0.6 is 18.2 Å². The van der Waals surface area contributed by atoms with Crippen molar-refractivity contribution in [2.45, 2.75) is 57.0 Å². The highest BCUT2D eigenvalue weighted by Crippen LogP contribution is 2.47. The fraction of sp³-hybridized carbons (Fsp3) is 0.435. The van der Waals surface area contributed by atoms with Gasteiger partial charge in [0.25, 0.3) is 5.56 Å². The predicted octanol–water partition coefficient (Wildman–Crippen LogP) is 1.06. The van der Waals surface area contributed by atoms with Crippen LogP contribution in [0.2, 0.25) is 5.02 Å². The van der Waals surface area contributed by atoms with Gasteiger partial charge in [0.1, 0.15) is 24.0 Å². The molecule has 206 valence electrons. The average Bonchev–Trinajstić information content (AvgIpc) is 3.09. The number of benzene rings is 1. The van der Waals surface area contributed by atoms with Crippen molar-refractivity contribution < 1.29 is 33.5 Å². The standard InChI is InChI=1S/C23H27ClN3O9PS/c1-5-23(32)19(29)17(35-21(23)27-11-10-18(28)25-22(27)31)12-33-37(38,26-14(4)20(30)34-13(2)3)36-16-8-6-15(24)7-9-16/h1,6-11,13-14,17,19,21,29,32H,12H2,2-4H3,(H,26,38)(H,25,28,31)/t14?,17-,19-,21-,23-,37?/m1/s1. The number of hydrogen-bond donors (Lipinski definition) is 4. The van der Waals surface area contributed by atoms with Crippen LogP contribution in [-0.4, -0.2) is 62.3 Å². The van der Waals surface area contributed by atoms with Crippen LogP contribution in [0.1, 0.15) is 27.0 Å². The van der Waals surface area contributed by atoms with E-state index >= 15 is 0 Å². The second-order valence-corrected chi connectivity index (χ2v) is 12.2. The zero-order chi connectivity index (χ0) is 28.3. The Morgan fingerprint density at radius 2 is 2.00 bits per heavy atom. The van der Waals surface area contributed by atoms with Gasteiger partial charge in [0.2, 0.25) is 0 Å². The summed E-state index contributed by atoms with van der Waals surface area (Å²) in [5.74, 6) is 1.73. The molecule has 1 saturated heterocycles. The van der Waals surface area contributed by atoms with Crippen LogP contribution in [0.25, 0.3) is 0 Å². The molecule has 0 radical (unpaired) electrons. The van der Waals surface area contributed by atoms with Crippen molar-refractivity contribution in [3.05, 3.63) is 62.4 Å². The molecule has 15 heteroatoms. The van der Waals surface area contributed by atoms with Crippen molar-refractivity contribution in [3.8, 4) is 18.1 Å². The number of H-pyrrole nitrogens is 1. The van der Waals surface area contributed by atoms with Crippen molar-refractivity contribution in [1.82, 2.24) is 14.6 Å². The number of terminal acetylenes is 1. The third-order valence-electron chi connectivity index (χ3n) is 5.32. The lowest BCUT2D eigenvalue weighted by Gasteiger charge is -2.28. The Morgan fingerprint density at radius 3 is 2.58 bits per heavy atom. The Labute approximate surface area is 228 Å². The highest BCUT2D eigenvalue weighted by Gasteiger charge is 2.56. The third-order valence-corrected chi connectivity index (χ3v) is 8.08. The van der Waals surface area contributed by atoms with Gasteiger partial charge in [-0.15, -0.1) is 6.42 Å². The van der Waals surface area contributed by atoms with Gasteiger partial charge in [-0.2, -0.15) is 0 Å². The number of aromatic amines is 1. The number of carbonyl (C=O) groups excluding carboxylic acids is 1. The van der Waals surface area contributed by atoms with Crippen LogP contribution in [0.3, 0.4) is 0 Å². The summed E-state index contributed by atoms with van der Waals surface area (Å²) >= 11 is 11.6. The molecule has 0 amide bonds. The van der Waals surface area contributed by atoms with Crippen molar-refractivity contribution in [2.75, 3.05) is 6.61 Å². The lowest BCUT2D eigenvalue weighted by Crippen LogP contribution is -2.48. The van der Waals surface area contributed by atoms with Gasteiger partial charge in [-0.25, -0.2) is 9.88 Å². The van der Waals surface area contributed by atoms with E-state index in [9.17, 15) is 24.6 Å². The molecule has 38 heavy (non-hydrogen) atoms. The summed E-state index contributed by atoms with van der Waals surface area (Å²) in [7, 11) is 0. The molecule has 0 spiro atoms.